The summed E-state index contributed by atoms with van der Waals surface area (Å²) in [5, 5.41) is 4.24. The lowest BCUT2D eigenvalue weighted by Crippen LogP contribution is -2.29. The highest BCUT2D eigenvalue weighted by Gasteiger charge is 2.41. The van der Waals surface area contributed by atoms with Crippen LogP contribution < -0.4 is 15.0 Å². The van der Waals surface area contributed by atoms with Gasteiger partial charge < -0.3 is 19.5 Å². The average molecular weight is 481 g/mol. The standard InChI is InChI=1S/C29H28N4OS/c35-29-31-27(26-12-6-7-18-30-26)28(21-17-19-32(20-21)22-8-2-1-3-9-22)33(29)23-13-15-25(16-14-23)34-24-10-4-5-11-24/h1-3,6-9,12-20,24,27-28H,4-5,10-11H2,(H,31,35)/t27-,28+/m1/s1. The SMILES string of the molecule is S=C1N[C@H](c2ccccn2)[C@H](c2ccn(-c3ccccc3)c2)N1c1ccc(OC2CCCC2)cc1. The zero-order valence-electron chi connectivity index (χ0n) is 19.5. The van der Waals surface area contributed by atoms with Crippen LogP contribution >= 0.6 is 12.2 Å². The number of thiocarbonyl (C=S) groups is 1. The monoisotopic (exact) mass is 480 g/mol. The van der Waals surface area contributed by atoms with Crippen molar-refractivity contribution in [3.8, 4) is 11.4 Å². The van der Waals surface area contributed by atoms with Crippen molar-refractivity contribution in [1.82, 2.24) is 14.9 Å². The summed E-state index contributed by atoms with van der Waals surface area (Å²) in [7, 11) is 0. The van der Waals surface area contributed by atoms with Crippen LogP contribution in [-0.4, -0.2) is 20.8 Å². The molecule has 0 radical (unpaired) electrons. The molecule has 176 valence electrons. The number of ether oxygens (including phenoxy) is 1. The number of nitrogens with one attached hydrogen (secondary N) is 1. The van der Waals surface area contributed by atoms with Gasteiger partial charge in [0.25, 0.3) is 0 Å². The van der Waals surface area contributed by atoms with Crippen LogP contribution in [0.25, 0.3) is 5.69 Å². The number of benzene rings is 2. The van der Waals surface area contributed by atoms with Crippen LogP contribution in [0.1, 0.15) is 49.0 Å². The first-order valence-corrected chi connectivity index (χ1v) is 12.7. The van der Waals surface area contributed by atoms with Gasteiger partial charge in [0.2, 0.25) is 0 Å². The summed E-state index contributed by atoms with van der Waals surface area (Å²) in [6.45, 7) is 0. The van der Waals surface area contributed by atoms with Gasteiger partial charge in [-0.15, -0.1) is 0 Å². The maximum absolute atomic E-state index is 6.19. The van der Waals surface area contributed by atoms with Crippen LogP contribution in [0.15, 0.2) is 97.5 Å². The molecular weight excluding hydrogens is 452 g/mol. The lowest BCUT2D eigenvalue weighted by atomic mass is 9.98. The van der Waals surface area contributed by atoms with Crippen LogP contribution in [0.2, 0.25) is 0 Å². The number of nitrogens with zero attached hydrogens (tertiary/aromatic N) is 3. The van der Waals surface area contributed by atoms with Crippen molar-refractivity contribution in [1.29, 1.82) is 0 Å². The van der Waals surface area contributed by atoms with E-state index in [-0.39, 0.29) is 12.1 Å². The molecule has 1 N–H and O–H groups in total. The molecule has 1 saturated carbocycles. The predicted octanol–water partition coefficient (Wildman–Crippen LogP) is 6.37. The lowest BCUT2D eigenvalue weighted by Gasteiger charge is -2.27. The first kappa shape index (κ1) is 21.9. The van der Waals surface area contributed by atoms with Gasteiger partial charge in [-0.1, -0.05) is 24.3 Å². The van der Waals surface area contributed by atoms with Crippen molar-refractivity contribution in [2.24, 2.45) is 0 Å². The first-order valence-electron chi connectivity index (χ1n) is 12.3. The summed E-state index contributed by atoms with van der Waals surface area (Å²) < 4.78 is 8.35. The molecule has 3 heterocycles. The Kier molecular flexibility index (Phi) is 5.96. The van der Waals surface area contributed by atoms with E-state index < -0.39 is 0 Å². The molecule has 2 aromatic heterocycles. The van der Waals surface area contributed by atoms with Gasteiger partial charge in [0.15, 0.2) is 5.11 Å². The molecule has 2 aromatic carbocycles. The molecule has 1 saturated heterocycles. The Balaban J connectivity index is 1.35. The van der Waals surface area contributed by atoms with Gasteiger partial charge in [-0.05, 0) is 98.1 Å². The molecule has 0 spiro atoms. The zero-order chi connectivity index (χ0) is 23.6. The molecule has 2 aliphatic rings. The van der Waals surface area contributed by atoms with Gasteiger partial charge in [0, 0.05) is 30.0 Å². The van der Waals surface area contributed by atoms with Gasteiger partial charge in [-0.25, -0.2) is 0 Å². The van der Waals surface area contributed by atoms with E-state index in [2.05, 4.69) is 92.8 Å². The summed E-state index contributed by atoms with van der Waals surface area (Å²) in [4.78, 5) is 6.87. The van der Waals surface area contributed by atoms with Gasteiger partial charge >= 0.3 is 0 Å². The molecule has 1 aliphatic carbocycles. The number of anilines is 1. The van der Waals surface area contributed by atoms with Gasteiger partial charge in [-0.3, -0.25) is 4.98 Å². The smallest absolute Gasteiger partial charge is 0.174 e. The van der Waals surface area contributed by atoms with E-state index >= 15 is 0 Å². The van der Waals surface area contributed by atoms with E-state index in [9.17, 15) is 0 Å². The Morgan fingerprint density at radius 2 is 1.63 bits per heavy atom. The number of hydrogen-bond acceptors (Lipinski definition) is 3. The van der Waals surface area contributed by atoms with Crippen molar-refractivity contribution in [3.05, 3.63) is 109 Å². The van der Waals surface area contributed by atoms with E-state index in [1.165, 1.54) is 18.4 Å². The first-order chi connectivity index (χ1) is 17.3. The molecule has 1 aliphatic heterocycles. The lowest BCUT2D eigenvalue weighted by molar-refractivity contribution is 0.210. The molecule has 5 nitrogen and oxygen atoms in total. The quantitative estimate of drug-likeness (QED) is 0.325. The van der Waals surface area contributed by atoms with Crippen molar-refractivity contribution in [3.63, 3.8) is 0 Å². The largest absolute Gasteiger partial charge is 0.490 e. The minimum atomic E-state index is -0.0651. The van der Waals surface area contributed by atoms with E-state index in [1.807, 2.05) is 24.4 Å². The number of pyridine rings is 1. The molecule has 4 aromatic rings. The fourth-order valence-corrected chi connectivity index (χ4v) is 5.55. The maximum atomic E-state index is 6.19. The Morgan fingerprint density at radius 1 is 0.857 bits per heavy atom. The maximum Gasteiger partial charge on any atom is 0.174 e. The van der Waals surface area contributed by atoms with Crippen molar-refractivity contribution >= 4 is 23.0 Å². The number of para-hydroxylation sites is 1. The predicted molar refractivity (Wildman–Crippen MR) is 143 cm³/mol. The van der Waals surface area contributed by atoms with Crippen LogP contribution in [0.5, 0.6) is 5.75 Å². The second-order valence-electron chi connectivity index (χ2n) is 9.20. The zero-order valence-corrected chi connectivity index (χ0v) is 20.3. The minimum Gasteiger partial charge on any atom is -0.490 e. The third-order valence-electron chi connectivity index (χ3n) is 6.93. The molecule has 6 heteroatoms. The molecule has 0 bridgehead atoms. The van der Waals surface area contributed by atoms with Crippen molar-refractivity contribution in [2.45, 2.75) is 43.9 Å². The Bertz CT molecular complexity index is 1280. The molecule has 6 rings (SSSR count). The highest BCUT2D eigenvalue weighted by molar-refractivity contribution is 7.80. The van der Waals surface area contributed by atoms with E-state index in [4.69, 9.17) is 17.0 Å². The van der Waals surface area contributed by atoms with Crippen LogP contribution in [0.3, 0.4) is 0 Å². The van der Waals surface area contributed by atoms with E-state index in [0.717, 1.165) is 35.7 Å². The van der Waals surface area contributed by atoms with Crippen LogP contribution in [-0.2, 0) is 0 Å². The van der Waals surface area contributed by atoms with Gasteiger partial charge in [-0.2, -0.15) is 0 Å². The second-order valence-corrected chi connectivity index (χ2v) is 9.59. The fraction of sp³-hybridized carbons (Fsp3) is 0.241. The van der Waals surface area contributed by atoms with Gasteiger partial charge in [0.05, 0.1) is 23.9 Å². The van der Waals surface area contributed by atoms with E-state index in [0.29, 0.717) is 11.2 Å². The minimum absolute atomic E-state index is 0.0380. The molecule has 0 amide bonds. The van der Waals surface area contributed by atoms with Crippen molar-refractivity contribution < 1.29 is 4.74 Å². The average Bonchev–Trinajstić information content (AvgIpc) is 3.66. The highest BCUT2D eigenvalue weighted by atomic mass is 32.1. The Labute approximate surface area is 211 Å². The molecule has 35 heavy (non-hydrogen) atoms. The number of rotatable bonds is 6. The molecule has 2 atom stereocenters. The Morgan fingerprint density at radius 3 is 2.37 bits per heavy atom. The topological polar surface area (TPSA) is 42.3 Å². The van der Waals surface area contributed by atoms with E-state index in [1.54, 1.807) is 0 Å². The third kappa shape index (κ3) is 4.42. The Hall–Kier alpha value is -3.64. The second kappa shape index (κ2) is 9.55. The molecule has 2 fully saturated rings. The summed E-state index contributed by atoms with van der Waals surface area (Å²) >= 11 is 5.87. The molecular formula is C29H28N4OS. The summed E-state index contributed by atoms with van der Waals surface area (Å²) in [6.07, 6.45) is 11.3. The normalized spacial score (nSPS) is 20.2. The van der Waals surface area contributed by atoms with Crippen LogP contribution in [0, 0.1) is 0 Å². The third-order valence-corrected chi connectivity index (χ3v) is 7.24. The summed E-state index contributed by atoms with van der Waals surface area (Å²) in [5.74, 6) is 0.923. The van der Waals surface area contributed by atoms with Crippen LogP contribution in [0.4, 0.5) is 5.69 Å². The number of hydrogen-bond donors (Lipinski definition) is 1. The fourth-order valence-electron chi connectivity index (χ4n) is 5.20. The highest BCUT2D eigenvalue weighted by Crippen LogP contribution is 2.42. The number of aromatic nitrogens is 2. The van der Waals surface area contributed by atoms with Crippen molar-refractivity contribution in [2.75, 3.05) is 4.90 Å². The summed E-state index contributed by atoms with van der Waals surface area (Å²) in [5.41, 5.74) is 4.30. The van der Waals surface area contributed by atoms with Gasteiger partial charge in [0.1, 0.15) is 5.75 Å². The summed E-state index contributed by atoms with van der Waals surface area (Å²) in [6, 6.07) is 26.8. The molecule has 0 unspecified atom stereocenters.